The van der Waals surface area contributed by atoms with Crippen molar-refractivity contribution >= 4 is 17.9 Å². The molecule has 0 aromatic rings. The van der Waals surface area contributed by atoms with Gasteiger partial charge >= 0.3 is 12.0 Å². The normalized spacial score (nSPS) is 22.1. The van der Waals surface area contributed by atoms with Crippen molar-refractivity contribution in [3.05, 3.63) is 0 Å². The predicted molar refractivity (Wildman–Crippen MR) is 102 cm³/mol. The first-order valence-corrected chi connectivity index (χ1v) is 9.77. The number of carbonyl (C=O) groups is 3. The van der Waals surface area contributed by atoms with Crippen molar-refractivity contribution in [1.29, 1.82) is 0 Å². The summed E-state index contributed by atoms with van der Waals surface area (Å²) in [6, 6.07) is 0. The third-order valence-electron chi connectivity index (χ3n) is 5.47. The van der Waals surface area contributed by atoms with Crippen LogP contribution in [0.3, 0.4) is 0 Å². The van der Waals surface area contributed by atoms with Crippen LogP contribution >= 0.6 is 0 Å². The maximum absolute atomic E-state index is 13.2. The van der Waals surface area contributed by atoms with Crippen LogP contribution in [0.25, 0.3) is 0 Å². The molecule has 2 aliphatic rings. The Morgan fingerprint density at radius 3 is 1.78 bits per heavy atom. The highest BCUT2D eigenvalue weighted by molar-refractivity contribution is 6.01. The van der Waals surface area contributed by atoms with Crippen LogP contribution in [0.1, 0.15) is 60.3 Å². The van der Waals surface area contributed by atoms with Crippen molar-refractivity contribution in [1.82, 2.24) is 21.1 Å². The van der Waals surface area contributed by atoms with Gasteiger partial charge in [-0.05, 0) is 79.6 Å². The highest BCUT2D eigenvalue weighted by atomic mass is 16.6. The fraction of sp³-hybridized carbons (Fsp3) is 0.842. The van der Waals surface area contributed by atoms with Gasteiger partial charge in [-0.3, -0.25) is 4.79 Å². The molecule has 8 heteroatoms. The Bertz CT molecular complexity index is 573. The van der Waals surface area contributed by atoms with E-state index in [1.807, 2.05) is 13.8 Å². The first-order chi connectivity index (χ1) is 12.5. The van der Waals surface area contributed by atoms with Crippen LogP contribution < -0.4 is 21.1 Å². The molecular weight excluding hydrogens is 348 g/mol. The number of nitrogens with zero attached hydrogens (tertiary/aromatic N) is 1. The summed E-state index contributed by atoms with van der Waals surface area (Å²) in [5.41, 5.74) is 0.482. The molecule has 0 aliphatic carbocycles. The Balaban J connectivity index is 2.22. The van der Waals surface area contributed by atoms with Gasteiger partial charge in [-0.1, -0.05) is 6.92 Å². The van der Waals surface area contributed by atoms with Crippen LogP contribution in [0.4, 0.5) is 4.79 Å². The average molecular weight is 383 g/mol. The minimum Gasteiger partial charge on any atom is -0.408 e. The van der Waals surface area contributed by atoms with Gasteiger partial charge in [0.15, 0.2) is 0 Å². The number of hydrogen-bond acceptors (Lipinski definition) is 6. The Hall–Kier alpha value is -1.51. The van der Waals surface area contributed by atoms with E-state index in [1.54, 1.807) is 20.8 Å². The van der Waals surface area contributed by atoms with Crippen LogP contribution in [0.2, 0.25) is 0 Å². The van der Waals surface area contributed by atoms with Gasteiger partial charge in [0.1, 0.15) is 10.6 Å². The summed E-state index contributed by atoms with van der Waals surface area (Å²) < 4.78 is 5.40. The maximum Gasteiger partial charge on any atom is 0.605 e. The lowest BCUT2D eigenvalue weighted by Gasteiger charge is -2.33. The zero-order valence-electron chi connectivity index (χ0n) is 17.2. The Labute approximate surface area is 161 Å². The van der Waals surface area contributed by atoms with Crippen LogP contribution in [0, 0.1) is 10.8 Å². The first kappa shape index (κ1) is 21.8. The van der Waals surface area contributed by atoms with E-state index in [4.69, 9.17) is 4.74 Å². The topological polar surface area (TPSA) is 102 Å². The lowest BCUT2D eigenvalue weighted by molar-refractivity contribution is -0.145. The molecule has 0 saturated carbocycles. The zero-order valence-corrected chi connectivity index (χ0v) is 17.2. The SMILES string of the molecule is CC(C)(C)OC(=O)[N+](NC(=O)C1(C)CCNCC1)C(=O)C1(C)CCNCC1. The van der Waals surface area contributed by atoms with Gasteiger partial charge in [0.05, 0.1) is 10.8 Å². The molecule has 0 unspecified atom stereocenters. The number of hydrazine groups is 1. The summed E-state index contributed by atoms with van der Waals surface area (Å²) >= 11 is 0. The molecule has 0 atom stereocenters. The standard InChI is InChI=1S/C19H34N4O4/c1-17(2,3)27-16(26)23(15(25)19(5)8-12-21-13-9-19)22-14(24)18(4)6-10-20-11-7-18/h20-21H,6-13H2,1-5H3,(H,22,24)/q+1. The molecule has 0 spiro atoms. The van der Waals surface area contributed by atoms with Gasteiger partial charge < -0.3 is 15.4 Å². The van der Waals surface area contributed by atoms with E-state index in [0.29, 0.717) is 38.8 Å². The summed E-state index contributed by atoms with van der Waals surface area (Å²) in [5, 5.41) is 7.25. The third kappa shape index (κ3) is 5.49. The van der Waals surface area contributed by atoms with Crippen LogP contribution in [0.15, 0.2) is 0 Å². The van der Waals surface area contributed by atoms with Crippen molar-refractivity contribution in [2.45, 2.75) is 65.9 Å². The predicted octanol–water partition coefficient (Wildman–Crippen LogP) is 1.40. The smallest absolute Gasteiger partial charge is 0.408 e. The number of imide groups is 1. The fourth-order valence-corrected chi connectivity index (χ4v) is 3.39. The van der Waals surface area contributed by atoms with Gasteiger partial charge in [0.25, 0.3) is 5.91 Å². The zero-order chi connectivity index (χ0) is 20.3. The van der Waals surface area contributed by atoms with Crippen molar-refractivity contribution in [2.75, 3.05) is 26.2 Å². The van der Waals surface area contributed by atoms with E-state index in [9.17, 15) is 14.4 Å². The summed E-state index contributed by atoms with van der Waals surface area (Å²) in [7, 11) is 0. The van der Waals surface area contributed by atoms with Gasteiger partial charge in [-0.25, -0.2) is 4.79 Å². The van der Waals surface area contributed by atoms with Crippen molar-refractivity contribution in [3.63, 3.8) is 0 Å². The molecule has 153 valence electrons. The Morgan fingerprint density at radius 1 is 0.889 bits per heavy atom. The minimum atomic E-state index is -0.835. The van der Waals surface area contributed by atoms with Crippen molar-refractivity contribution in [2.24, 2.45) is 10.8 Å². The molecule has 2 heterocycles. The lowest BCUT2D eigenvalue weighted by atomic mass is 9.79. The molecule has 0 aromatic carbocycles. The van der Waals surface area contributed by atoms with E-state index in [-0.39, 0.29) is 5.91 Å². The fourth-order valence-electron chi connectivity index (χ4n) is 3.39. The van der Waals surface area contributed by atoms with E-state index in [0.717, 1.165) is 18.1 Å². The van der Waals surface area contributed by atoms with Crippen LogP contribution in [-0.2, 0) is 14.3 Å². The summed E-state index contributed by atoms with van der Waals surface area (Å²) in [6.07, 6.45) is 1.66. The monoisotopic (exact) mass is 382 g/mol. The van der Waals surface area contributed by atoms with Gasteiger partial charge in [-0.15, -0.1) is 5.43 Å². The second kappa shape index (κ2) is 8.24. The second-order valence-electron chi connectivity index (χ2n) is 9.18. The first-order valence-electron chi connectivity index (χ1n) is 9.77. The molecule has 0 bridgehead atoms. The summed E-state index contributed by atoms with van der Waals surface area (Å²) in [5.74, 6) is -0.732. The van der Waals surface area contributed by atoms with Crippen molar-refractivity contribution in [3.8, 4) is 0 Å². The molecular formula is C19H34N4O4+. The number of piperidine rings is 2. The van der Waals surface area contributed by atoms with Gasteiger partial charge in [0.2, 0.25) is 0 Å². The molecule has 2 saturated heterocycles. The quantitative estimate of drug-likeness (QED) is 0.493. The number of rotatable bonds is 2. The van der Waals surface area contributed by atoms with E-state index < -0.39 is 28.4 Å². The third-order valence-corrected chi connectivity index (χ3v) is 5.47. The molecule has 8 nitrogen and oxygen atoms in total. The van der Waals surface area contributed by atoms with E-state index in [1.165, 1.54) is 0 Å². The highest BCUT2D eigenvalue weighted by Crippen LogP contribution is 2.31. The molecule has 2 rings (SSSR count). The van der Waals surface area contributed by atoms with E-state index in [2.05, 4.69) is 16.1 Å². The lowest BCUT2D eigenvalue weighted by Crippen LogP contribution is -2.63. The molecule has 0 aromatic heterocycles. The highest BCUT2D eigenvalue weighted by Gasteiger charge is 2.54. The summed E-state index contributed by atoms with van der Waals surface area (Å²) in [4.78, 5) is 38.9. The average Bonchev–Trinajstić information content (AvgIpc) is 2.58. The number of ether oxygens (including phenoxy) is 1. The number of carbonyl (C=O) groups excluding carboxylic acids is 3. The van der Waals surface area contributed by atoms with Crippen molar-refractivity contribution < 1.29 is 19.1 Å². The van der Waals surface area contributed by atoms with Gasteiger partial charge in [-0.2, -0.15) is 4.79 Å². The van der Waals surface area contributed by atoms with Gasteiger partial charge in [0, 0.05) is 0 Å². The Morgan fingerprint density at radius 2 is 1.33 bits per heavy atom. The van der Waals surface area contributed by atoms with E-state index >= 15 is 0 Å². The molecule has 2 fully saturated rings. The molecule has 2 aliphatic heterocycles. The summed E-state index contributed by atoms with van der Waals surface area (Å²) in [6.45, 7) is 11.8. The Kier molecular flexibility index (Phi) is 6.65. The second-order valence-corrected chi connectivity index (χ2v) is 9.18. The molecule has 3 amide bonds. The van der Waals surface area contributed by atoms with Crippen LogP contribution in [-0.4, -0.2) is 49.7 Å². The maximum atomic E-state index is 13.2. The number of hydrogen-bond donors (Lipinski definition) is 3. The molecule has 27 heavy (non-hydrogen) atoms. The van der Waals surface area contributed by atoms with Crippen LogP contribution in [0.5, 0.6) is 0 Å². The minimum absolute atomic E-state index is 0.319. The molecule has 1 radical (unpaired) electrons. The number of nitrogens with one attached hydrogen (secondary N) is 3. The molecule has 3 N–H and O–H groups in total. The number of amides is 3. The largest absolute Gasteiger partial charge is 0.605 e.